The minimum absolute atomic E-state index is 0.0203. The van der Waals surface area contributed by atoms with Crippen LogP contribution in [-0.4, -0.2) is 58.6 Å². The maximum atomic E-state index is 13.8. The molecule has 0 saturated carbocycles. The molecule has 0 spiro atoms. The number of fused-ring (bicyclic) bond motifs is 1. The van der Waals surface area contributed by atoms with E-state index in [1.165, 1.54) is 37.7 Å². The van der Waals surface area contributed by atoms with Crippen molar-refractivity contribution in [1.82, 2.24) is 20.1 Å². The van der Waals surface area contributed by atoms with Crippen LogP contribution in [0, 0.1) is 5.82 Å². The second-order valence-corrected chi connectivity index (χ2v) is 12.4. The van der Waals surface area contributed by atoms with Gasteiger partial charge in [-0.2, -0.15) is 0 Å². The van der Waals surface area contributed by atoms with E-state index in [0.29, 0.717) is 44.3 Å². The van der Waals surface area contributed by atoms with Crippen LogP contribution >= 0.6 is 23.1 Å². The number of benzene rings is 2. The van der Waals surface area contributed by atoms with Crippen molar-refractivity contribution in [2.24, 2.45) is 0 Å². The molecule has 0 saturated heterocycles. The van der Waals surface area contributed by atoms with E-state index in [1.54, 1.807) is 48.7 Å². The van der Waals surface area contributed by atoms with Crippen molar-refractivity contribution in [1.29, 1.82) is 0 Å². The van der Waals surface area contributed by atoms with Crippen LogP contribution in [0.15, 0.2) is 47.6 Å². The first-order chi connectivity index (χ1) is 21.7. The van der Waals surface area contributed by atoms with Crippen molar-refractivity contribution in [3.05, 3.63) is 75.7 Å². The molecule has 1 atom stereocenters. The van der Waals surface area contributed by atoms with Crippen molar-refractivity contribution >= 4 is 45.9 Å². The number of carbonyl (C=O) groups excluding carboxylic acids is 3. The SMILES string of the molecule is CCOC(=O)c1c(NC(=O)[C@@H](C)Sc2nnc(CNC(=O)c3cc(OC)cc(OC)c3)n2-c2ccc(F)cc2)sc2c1CCC2. The maximum absolute atomic E-state index is 13.8. The molecule has 2 aromatic carbocycles. The van der Waals surface area contributed by atoms with Gasteiger partial charge in [-0.1, -0.05) is 11.8 Å². The number of halogens is 1. The molecular formula is C31H32FN5O6S2. The molecule has 45 heavy (non-hydrogen) atoms. The summed E-state index contributed by atoms with van der Waals surface area (Å²) in [6, 6.07) is 10.6. The summed E-state index contributed by atoms with van der Waals surface area (Å²) in [6.07, 6.45) is 2.59. The highest BCUT2D eigenvalue weighted by molar-refractivity contribution is 8.00. The Hall–Kier alpha value is -4.43. The predicted octanol–water partition coefficient (Wildman–Crippen LogP) is 5.20. The van der Waals surface area contributed by atoms with Crippen LogP contribution in [0.25, 0.3) is 5.69 Å². The number of aromatic nitrogens is 3. The van der Waals surface area contributed by atoms with Gasteiger partial charge in [0.25, 0.3) is 5.91 Å². The molecule has 4 aromatic rings. The van der Waals surface area contributed by atoms with Gasteiger partial charge in [-0.25, -0.2) is 9.18 Å². The van der Waals surface area contributed by atoms with Crippen LogP contribution in [-0.2, 0) is 28.9 Å². The van der Waals surface area contributed by atoms with Crippen molar-refractivity contribution < 1.29 is 33.0 Å². The fourth-order valence-corrected chi connectivity index (χ4v) is 7.04. The maximum Gasteiger partial charge on any atom is 0.341 e. The first-order valence-electron chi connectivity index (χ1n) is 14.2. The van der Waals surface area contributed by atoms with Gasteiger partial charge in [0.15, 0.2) is 11.0 Å². The second-order valence-electron chi connectivity index (χ2n) is 10.0. The van der Waals surface area contributed by atoms with E-state index in [9.17, 15) is 18.8 Å². The predicted molar refractivity (Wildman–Crippen MR) is 168 cm³/mol. The standard InChI is InChI=1S/C31H32FN5O6S2/c1-5-43-30(40)26-23-7-6-8-24(23)45-29(26)34-27(38)17(2)44-31-36-35-25(37(31)20-11-9-19(32)10-12-20)16-33-28(39)18-13-21(41-3)15-22(14-18)42-4/h9-15,17H,5-8,16H2,1-4H3,(H,33,39)(H,34,38)/t17-/m1/s1. The van der Waals surface area contributed by atoms with Gasteiger partial charge < -0.3 is 24.8 Å². The lowest BCUT2D eigenvalue weighted by atomic mass is 10.1. The minimum atomic E-state index is -0.660. The number of nitrogens with zero attached hydrogens (tertiary/aromatic N) is 3. The quantitative estimate of drug-likeness (QED) is 0.156. The molecule has 1 aliphatic rings. The average molecular weight is 654 g/mol. The Kier molecular flexibility index (Phi) is 10.0. The molecule has 236 valence electrons. The Balaban J connectivity index is 1.36. The molecule has 2 aromatic heterocycles. The molecule has 0 bridgehead atoms. The zero-order chi connectivity index (χ0) is 32.1. The fraction of sp³-hybridized carbons (Fsp3) is 0.323. The molecule has 0 fully saturated rings. The van der Waals surface area contributed by atoms with Gasteiger partial charge in [0, 0.05) is 22.2 Å². The summed E-state index contributed by atoms with van der Waals surface area (Å²) in [5.41, 5.74) is 2.24. The Bertz CT molecular complexity index is 1700. The van der Waals surface area contributed by atoms with Crippen LogP contribution in [0.1, 0.15) is 57.2 Å². The van der Waals surface area contributed by atoms with Gasteiger partial charge in [-0.05, 0) is 75.1 Å². The smallest absolute Gasteiger partial charge is 0.341 e. The molecule has 0 aliphatic heterocycles. The van der Waals surface area contributed by atoms with Crippen LogP contribution in [0.2, 0.25) is 0 Å². The second kappa shape index (κ2) is 14.1. The average Bonchev–Trinajstić information content (AvgIpc) is 3.74. The summed E-state index contributed by atoms with van der Waals surface area (Å²) >= 11 is 2.55. The number of amides is 2. The van der Waals surface area contributed by atoms with Crippen molar-refractivity contribution in [2.75, 3.05) is 26.1 Å². The highest BCUT2D eigenvalue weighted by Crippen LogP contribution is 2.40. The summed E-state index contributed by atoms with van der Waals surface area (Å²) in [6.45, 7) is 3.67. The topological polar surface area (TPSA) is 134 Å². The highest BCUT2D eigenvalue weighted by Gasteiger charge is 2.30. The van der Waals surface area contributed by atoms with E-state index in [1.807, 2.05) is 0 Å². The molecule has 2 amide bonds. The molecular weight excluding hydrogens is 622 g/mol. The zero-order valence-electron chi connectivity index (χ0n) is 25.1. The largest absolute Gasteiger partial charge is 0.497 e. The number of carbonyl (C=O) groups is 3. The van der Waals surface area contributed by atoms with Crippen LogP contribution < -0.4 is 20.1 Å². The van der Waals surface area contributed by atoms with E-state index in [-0.39, 0.29) is 19.1 Å². The lowest BCUT2D eigenvalue weighted by Crippen LogP contribution is -2.25. The molecule has 0 unspecified atom stereocenters. The number of ether oxygens (including phenoxy) is 3. The molecule has 1 aliphatic carbocycles. The number of hydrogen-bond acceptors (Lipinski definition) is 10. The number of thioether (sulfide) groups is 1. The molecule has 11 nitrogen and oxygen atoms in total. The third kappa shape index (κ3) is 7.12. The normalized spacial score (nSPS) is 12.7. The first-order valence-corrected chi connectivity index (χ1v) is 15.9. The summed E-state index contributed by atoms with van der Waals surface area (Å²) in [7, 11) is 2.99. The summed E-state index contributed by atoms with van der Waals surface area (Å²) in [5.74, 6) is -0.315. The third-order valence-electron chi connectivity index (χ3n) is 7.09. The van der Waals surface area contributed by atoms with E-state index < -0.39 is 22.9 Å². The summed E-state index contributed by atoms with van der Waals surface area (Å²) in [5, 5.41) is 14.5. The fourth-order valence-electron chi connectivity index (χ4n) is 4.88. The van der Waals surface area contributed by atoms with Crippen LogP contribution in [0.4, 0.5) is 9.39 Å². The molecule has 2 heterocycles. The number of nitrogens with one attached hydrogen (secondary N) is 2. The molecule has 0 radical (unpaired) electrons. The number of methoxy groups -OCH3 is 2. The van der Waals surface area contributed by atoms with Crippen LogP contribution in [0.3, 0.4) is 0 Å². The Labute approximate surface area is 267 Å². The number of anilines is 1. The van der Waals surface area contributed by atoms with Gasteiger partial charge in [0.1, 0.15) is 22.3 Å². The third-order valence-corrected chi connectivity index (χ3v) is 9.34. The van der Waals surface area contributed by atoms with Crippen molar-refractivity contribution in [3.63, 3.8) is 0 Å². The minimum Gasteiger partial charge on any atom is -0.497 e. The van der Waals surface area contributed by atoms with E-state index >= 15 is 0 Å². The van der Waals surface area contributed by atoms with E-state index in [2.05, 4.69) is 20.8 Å². The van der Waals surface area contributed by atoms with Gasteiger partial charge in [-0.15, -0.1) is 21.5 Å². The van der Waals surface area contributed by atoms with Gasteiger partial charge in [0.05, 0.1) is 38.2 Å². The highest BCUT2D eigenvalue weighted by atomic mass is 32.2. The number of esters is 1. The lowest BCUT2D eigenvalue weighted by Gasteiger charge is -2.15. The van der Waals surface area contributed by atoms with Gasteiger partial charge in [0.2, 0.25) is 5.91 Å². The molecule has 2 N–H and O–H groups in total. The van der Waals surface area contributed by atoms with Crippen molar-refractivity contribution in [3.8, 4) is 17.2 Å². The summed E-state index contributed by atoms with van der Waals surface area (Å²) < 4.78 is 31.3. The number of aryl methyl sites for hydroxylation is 1. The summed E-state index contributed by atoms with van der Waals surface area (Å²) in [4.78, 5) is 40.3. The van der Waals surface area contributed by atoms with Crippen LogP contribution in [0.5, 0.6) is 11.5 Å². The van der Waals surface area contributed by atoms with Crippen molar-refractivity contribution in [2.45, 2.75) is 50.1 Å². The molecule has 14 heteroatoms. The lowest BCUT2D eigenvalue weighted by molar-refractivity contribution is -0.115. The molecule has 5 rings (SSSR count). The number of rotatable bonds is 12. The van der Waals surface area contributed by atoms with E-state index in [0.717, 1.165) is 41.5 Å². The Morgan fingerprint density at radius 1 is 1.07 bits per heavy atom. The van der Waals surface area contributed by atoms with E-state index in [4.69, 9.17) is 14.2 Å². The van der Waals surface area contributed by atoms with Gasteiger partial charge >= 0.3 is 5.97 Å². The Morgan fingerprint density at radius 2 is 1.78 bits per heavy atom. The monoisotopic (exact) mass is 653 g/mol. The van der Waals surface area contributed by atoms with Gasteiger partial charge in [-0.3, -0.25) is 14.2 Å². The number of hydrogen-bond donors (Lipinski definition) is 2. The first kappa shape index (κ1) is 32.0. The zero-order valence-corrected chi connectivity index (χ0v) is 26.8. The Morgan fingerprint density at radius 3 is 2.44 bits per heavy atom. The number of thiophene rings is 1.